The van der Waals surface area contributed by atoms with Crippen LogP contribution in [0.1, 0.15) is 31.4 Å². The summed E-state index contributed by atoms with van der Waals surface area (Å²) in [5.74, 6) is 0. The van der Waals surface area contributed by atoms with Gasteiger partial charge in [0.25, 0.3) is 0 Å². The summed E-state index contributed by atoms with van der Waals surface area (Å²) in [5.41, 5.74) is 1.29. The molecule has 124 valence electrons. The Morgan fingerprint density at radius 2 is 1.91 bits per heavy atom. The van der Waals surface area contributed by atoms with Gasteiger partial charge in [-0.1, -0.05) is 50.2 Å². The first kappa shape index (κ1) is 18.2. The second-order valence-electron chi connectivity index (χ2n) is 6.21. The molecule has 0 amide bonds. The molecule has 0 atom stereocenters. The molecule has 2 aromatic rings. The van der Waals surface area contributed by atoms with E-state index in [4.69, 9.17) is 4.52 Å². The molecule has 0 spiro atoms. The van der Waals surface area contributed by atoms with Gasteiger partial charge in [0.05, 0.1) is 6.61 Å². The summed E-state index contributed by atoms with van der Waals surface area (Å²) in [6.07, 6.45) is 3.49. The Morgan fingerprint density at radius 1 is 1.26 bits per heavy atom. The highest BCUT2D eigenvalue weighted by Crippen LogP contribution is 2.40. The van der Waals surface area contributed by atoms with Crippen LogP contribution in [0, 0.1) is 0 Å². The summed E-state index contributed by atoms with van der Waals surface area (Å²) < 4.78 is 5.11. The van der Waals surface area contributed by atoms with Crippen molar-refractivity contribution in [2.75, 3.05) is 0 Å². The van der Waals surface area contributed by atoms with Crippen LogP contribution in [-0.4, -0.2) is 21.2 Å². The van der Waals surface area contributed by atoms with Gasteiger partial charge in [0, 0.05) is 6.42 Å². The van der Waals surface area contributed by atoms with Gasteiger partial charge in [0.1, 0.15) is 0 Å². The molecule has 0 aliphatic rings. The molecule has 0 bridgehead atoms. The van der Waals surface area contributed by atoms with Crippen LogP contribution >= 0.6 is 20.2 Å². The first-order valence-corrected chi connectivity index (χ1v) is 9.41. The SMILES string of the molecule is C=P(O)(O)OCc1ccc2ccccc2c1C(C)(C)CC(=O)S. The molecule has 23 heavy (non-hydrogen) atoms. The van der Waals surface area contributed by atoms with E-state index in [1.54, 1.807) is 0 Å². The molecule has 0 heterocycles. The Morgan fingerprint density at radius 3 is 2.52 bits per heavy atom. The number of hydrogen-bond acceptors (Lipinski definition) is 4. The van der Waals surface area contributed by atoms with E-state index in [1.807, 2.05) is 50.2 Å². The maximum atomic E-state index is 11.5. The number of fused-ring (bicyclic) bond motifs is 1. The number of hydrogen-bond donors (Lipinski definition) is 3. The molecule has 0 aromatic heterocycles. The molecule has 0 saturated heterocycles. The van der Waals surface area contributed by atoms with E-state index in [2.05, 4.69) is 18.9 Å². The van der Waals surface area contributed by atoms with Gasteiger partial charge in [-0.3, -0.25) is 4.79 Å². The van der Waals surface area contributed by atoms with E-state index >= 15 is 0 Å². The standard InChI is InChI=1S/C17H21O4PS/c1-17(2,10-15(18)23)16-13(11-21-22(3,19)20)9-8-12-6-4-5-7-14(12)16/h4-9,19-20H,3,10-11H2,1-2H3,(H,18,23). The van der Waals surface area contributed by atoms with Crippen LogP contribution in [0.3, 0.4) is 0 Å². The maximum Gasteiger partial charge on any atom is 0.245 e. The highest BCUT2D eigenvalue weighted by atomic mass is 32.1. The van der Waals surface area contributed by atoms with Crippen LogP contribution in [0.5, 0.6) is 0 Å². The average Bonchev–Trinajstić information content (AvgIpc) is 2.42. The van der Waals surface area contributed by atoms with Crippen molar-refractivity contribution in [1.82, 2.24) is 0 Å². The molecular formula is C17H21O4PS. The van der Waals surface area contributed by atoms with Crippen molar-refractivity contribution >= 4 is 42.4 Å². The minimum atomic E-state index is -3.57. The second kappa shape index (κ2) is 6.80. The molecule has 0 radical (unpaired) electrons. The smallest absolute Gasteiger partial charge is 0.245 e. The van der Waals surface area contributed by atoms with Crippen LogP contribution in [0.15, 0.2) is 36.4 Å². The lowest BCUT2D eigenvalue weighted by Crippen LogP contribution is -2.22. The molecule has 0 unspecified atom stereocenters. The van der Waals surface area contributed by atoms with Crippen molar-refractivity contribution in [3.8, 4) is 0 Å². The fourth-order valence-electron chi connectivity index (χ4n) is 2.88. The van der Waals surface area contributed by atoms with Gasteiger partial charge < -0.3 is 14.3 Å². The van der Waals surface area contributed by atoms with Crippen molar-refractivity contribution in [3.05, 3.63) is 47.5 Å². The molecular weight excluding hydrogens is 331 g/mol. The number of carbonyl (C=O) groups excluding carboxylic acids is 1. The normalized spacial score (nSPS) is 12.6. The lowest BCUT2D eigenvalue weighted by molar-refractivity contribution is -0.111. The summed E-state index contributed by atoms with van der Waals surface area (Å²) >= 11 is 3.91. The highest BCUT2D eigenvalue weighted by Gasteiger charge is 2.28. The van der Waals surface area contributed by atoms with Crippen molar-refractivity contribution in [2.24, 2.45) is 0 Å². The summed E-state index contributed by atoms with van der Waals surface area (Å²) in [7, 11) is -3.57. The first-order valence-electron chi connectivity index (χ1n) is 7.16. The molecule has 2 rings (SSSR count). The molecule has 0 aliphatic carbocycles. The van der Waals surface area contributed by atoms with Crippen molar-refractivity contribution in [3.63, 3.8) is 0 Å². The minimum Gasteiger partial charge on any atom is -0.333 e. The summed E-state index contributed by atoms with van der Waals surface area (Å²) in [4.78, 5) is 30.3. The average molecular weight is 352 g/mol. The van der Waals surface area contributed by atoms with E-state index < -0.39 is 13.0 Å². The summed E-state index contributed by atoms with van der Waals surface area (Å²) in [5, 5.41) is 1.87. The third-order valence-electron chi connectivity index (χ3n) is 3.71. The zero-order valence-corrected chi connectivity index (χ0v) is 15.0. The molecule has 0 saturated carbocycles. The molecule has 6 heteroatoms. The van der Waals surface area contributed by atoms with Gasteiger partial charge >= 0.3 is 0 Å². The highest BCUT2D eigenvalue weighted by molar-refractivity contribution is 7.96. The van der Waals surface area contributed by atoms with Crippen LogP contribution in [0.25, 0.3) is 10.8 Å². The third-order valence-corrected chi connectivity index (χ3v) is 4.41. The number of carbonyl (C=O) groups is 1. The predicted octanol–water partition coefficient (Wildman–Crippen LogP) is 3.66. The predicted molar refractivity (Wildman–Crippen MR) is 98.9 cm³/mol. The van der Waals surface area contributed by atoms with E-state index in [-0.39, 0.29) is 18.1 Å². The van der Waals surface area contributed by atoms with Crippen molar-refractivity contribution in [1.29, 1.82) is 0 Å². The van der Waals surface area contributed by atoms with E-state index in [0.717, 1.165) is 21.9 Å². The lowest BCUT2D eigenvalue weighted by Gasteiger charge is -2.29. The second-order valence-corrected chi connectivity index (χ2v) is 8.30. The summed E-state index contributed by atoms with van der Waals surface area (Å²) in [6, 6.07) is 11.7. The molecule has 0 aliphatic heterocycles. The van der Waals surface area contributed by atoms with Gasteiger partial charge in [0.15, 0.2) is 5.12 Å². The zero-order chi connectivity index (χ0) is 17.3. The van der Waals surface area contributed by atoms with Gasteiger partial charge in [-0.05, 0) is 33.6 Å². The fraction of sp³-hybridized carbons (Fsp3) is 0.294. The minimum absolute atomic E-state index is 0.0225. The van der Waals surface area contributed by atoms with Crippen LogP contribution in [0.2, 0.25) is 0 Å². The third kappa shape index (κ3) is 4.69. The quantitative estimate of drug-likeness (QED) is 0.548. The van der Waals surface area contributed by atoms with Gasteiger partial charge in [-0.2, -0.15) is 0 Å². The molecule has 4 nitrogen and oxygen atoms in total. The Hall–Kier alpha value is -1.10. The maximum absolute atomic E-state index is 11.5. The van der Waals surface area contributed by atoms with Crippen molar-refractivity contribution in [2.45, 2.75) is 32.3 Å². The van der Waals surface area contributed by atoms with Crippen LogP contribution in [0.4, 0.5) is 0 Å². The van der Waals surface area contributed by atoms with Crippen LogP contribution in [-0.2, 0) is 21.3 Å². The van der Waals surface area contributed by atoms with Gasteiger partial charge in [-0.25, -0.2) is 0 Å². The lowest BCUT2D eigenvalue weighted by atomic mass is 9.77. The zero-order valence-electron chi connectivity index (χ0n) is 13.2. The van der Waals surface area contributed by atoms with Crippen molar-refractivity contribution < 1.29 is 19.1 Å². The Balaban J connectivity index is 2.60. The molecule has 0 fully saturated rings. The number of rotatable bonds is 6. The molecule has 2 N–H and O–H groups in total. The number of benzene rings is 2. The summed E-state index contributed by atoms with van der Waals surface area (Å²) in [6.45, 7) is 3.96. The largest absolute Gasteiger partial charge is 0.333 e. The van der Waals surface area contributed by atoms with E-state index in [0.29, 0.717) is 0 Å². The van der Waals surface area contributed by atoms with E-state index in [1.165, 1.54) is 0 Å². The van der Waals surface area contributed by atoms with Crippen LogP contribution < -0.4 is 0 Å². The Kier molecular flexibility index (Phi) is 5.39. The Bertz CT molecular complexity index is 779. The Labute approximate surface area is 141 Å². The topological polar surface area (TPSA) is 66.8 Å². The molecule has 2 aromatic carbocycles. The number of thiol groups is 1. The first-order chi connectivity index (χ1) is 10.6. The fourth-order valence-corrected chi connectivity index (χ4v) is 3.62. The monoisotopic (exact) mass is 352 g/mol. The van der Waals surface area contributed by atoms with Gasteiger partial charge in [0.2, 0.25) is 7.57 Å². The van der Waals surface area contributed by atoms with Gasteiger partial charge in [-0.15, -0.1) is 12.6 Å². The van der Waals surface area contributed by atoms with E-state index in [9.17, 15) is 14.6 Å².